The third kappa shape index (κ3) is 5.21. The zero-order valence-electron chi connectivity index (χ0n) is 9.75. The number of nitrogens with one attached hydrogen (secondary N) is 1. The maximum absolute atomic E-state index is 13.3. The Hall–Kier alpha value is -1.04. The summed E-state index contributed by atoms with van der Waals surface area (Å²) in [5.41, 5.74) is 0.312. The van der Waals surface area contributed by atoms with E-state index in [1.54, 1.807) is 7.11 Å². The van der Waals surface area contributed by atoms with Gasteiger partial charge in [-0.1, -0.05) is 6.07 Å². The van der Waals surface area contributed by atoms with E-state index in [0.29, 0.717) is 25.3 Å². The topological polar surface area (TPSA) is 41.5 Å². The molecule has 0 bridgehead atoms. The maximum Gasteiger partial charge on any atom is 0.129 e. The number of aliphatic hydroxyl groups is 1. The molecule has 0 saturated heterocycles. The smallest absolute Gasteiger partial charge is 0.129 e. The molecule has 0 radical (unpaired) electrons. The standard InChI is InChI=1S/C12H17F2NO2/c1-17-5-4-15-8-11(16)6-9-2-3-10(13)7-12(9)14/h2-3,7,11,15-16H,4-6,8H2,1H3. The van der Waals surface area contributed by atoms with Gasteiger partial charge in [-0.15, -0.1) is 0 Å². The lowest BCUT2D eigenvalue weighted by atomic mass is 10.1. The molecule has 1 atom stereocenters. The van der Waals surface area contributed by atoms with Crippen molar-refractivity contribution in [1.29, 1.82) is 0 Å². The molecule has 3 nitrogen and oxygen atoms in total. The van der Waals surface area contributed by atoms with Crippen molar-refractivity contribution in [3.05, 3.63) is 35.4 Å². The fraction of sp³-hybridized carbons (Fsp3) is 0.500. The number of halogens is 2. The van der Waals surface area contributed by atoms with Crippen molar-refractivity contribution in [2.75, 3.05) is 26.8 Å². The van der Waals surface area contributed by atoms with Gasteiger partial charge in [-0.3, -0.25) is 0 Å². The Morgan fingerprint density at radius 2 is 2.18 bits per heavy atom. The largest absolute Gasteiger partial charge is 0.391 e. The van der Waals surface area contributed by atoms with Gasteiger partial charge in [0.05, 0.1) is 12.7 Å². The van der Waals surface area contributed by atoms with Crippen LogP contribution >= 0.6 is 0 Å². The van der Waals surface area contributed by atoms with Crippen LogP contribution in [0.4, 0.5) is 8.78 Å². The lowest BCUT2D eigenvalue weighted by Gasteiger charge is -2.12. The quantitative estimate of drug-likeness (QED) is 0.707. The minimum atomic E-state index is -0.702. The number of hydrogen-bond donors (Lipinski definition) is 2. The van der Waals surface area contributed by atoms with Gasteiger partial charge < -0.3 is 15.2 Å². The highest BCUT2D eigenvalue weighted by Gasteiger charge is 2.09. The molecule has 0 aliphatic heterocycles. The highest BCUT2D eigenvalue weighted by Crippen LogP contribution is 2.11. The van der Waals surface area contributed by atoms with E-state index in [9.17, 15) is 13.9 Å². The summed E-state index contributed by atoms with van der Waals surface area (Å²) in [7, 11) is 1.59. The molecule has 1 aromatic rings. The number of methoxy groups -OCH3 is 1. The van der Waals surface area contributed by atoms with Crippen LogP contribution in [0, 0.1) is 11.6 Å². The van der Waals surface area contributed by atoms with Crippen LogP contribution in [0.3, 0.4) is 0 Å². The Morgan fingerprint density at radius 3 is 2.82 bits per heavy atom. The Bertz CT molecular complexity index is 347. The van der Waals surface area contributed by atoms with E-state index in [0.717, 1.165) is 6.07 Å². The number of rotatable bonds is 7. The van der Waals surface area contributed by atoms with Crippen molar-refractivity contribution in [2.24, 2.45) is 0 Å². The molecule has 0 aliphatic rings. The molecular weight excluding hydrogens is 228 g/mol. The van der Waals surface area contributed by atoms with Crippen molar-refractivity contribution < 1.29 is 18.6 Å². The summed E-state index contributed by atoms with van der Waals surface area (Å²) < 4.78 is 30.7. The van der Waals surface area contributed by atoms with Crippen LogP contribution in [0.2, 0.25) is 0 Å². The summed E-state index contributed by atoms with van der Waals surface area (Å²) in [6.45, 7) is 1.53. The molecule has 2 N–H and O–H groups in total. The molecule has 0 heterocycles. The molecule has 96 valence electrons. The lowest BCUT2D eigenvalue weighted by molar-refractivity contribution is 0.159. The van der Waals surface area contributed by atoms with Gasteiger partial charge in [-0.25, -0.2) is 8.78 Å². The SMILES string of the molecule is COCCNCC(O)Cc1ccc(F)cc1F. The predicted molar refractivity (Wildman–Crippen MR) is 60.8 cm³/mol. The molecule has 0 saturated carbocycles. The molecule has 0 spiro atoms. The first-order chi connectivity index (χ1) is 8.13. The van der Waals surface area contributed by atoms with E-state index in [1.165, 1.54) is 12.1 Å². The number of benzene rings is 1. The number of ether oxygens (including phenoxy) is 1. The fourth-order valence-corrected chi connectivity index (χ4v) is 1.46. The van der Waals surface area contributed by atoms with Crippen molar-refractivity contribution >= 4 is 0 Å². The third-order valence-corrected chi connectivity index (χ3v) is 2.33. The fourth-order valence-electron chi connectivity index (χ4n) is 1.46. The van der Waals surface area contributed by atoms with E-state index in [2.05, 4.69) is 5.32 Å². The summed E-state index contributed by atoms with van der Waals surface area (Å²) in [5.74, 6) is -1.24. The molecule has 0 fully saturated rings. The zero-order valence-corrected chi connectivity index (χ0v) is 9.75. The van der Waals surface area contributed by atoms with Crippen LogP contribution in [0.15, 0.2) is 18.2 Å². The molecule has 17 heavy (non-hydrogen) atoms. The van der Waals surface area contributed by atoms with E-state index in [1.807, 2.05) is 0 Å². The highest BCUT2D eigenvalue weighted by molar-refractivity contribution is 5.19. The second-order valence-corrected chi connectivity index (χ2v) is 3.79. The van der Waals surface area contributed by atoms with Gasteiger partial charge >= 0.3 is 0 Å². The molecule has 0 aromatic heterocycles. The van der Waals surface area contributed by atoms with Crippen molar-refractivity contribution in [1.82, 2.24) is 5.32 Å². The Morgan fingerprint density at radius 1 is 1.41 bits per heavy atom. The third-order valence-electron chi connectivity index (χ3n) is 2.33. The minimum Gasteiger partial charge on any atom is -0.391 e. The normalized spacial score (nSPS) is 12.7. The van der Waals surface area contributed by atoms with Crippen LogP contribution in [-0.2, 0) is 11.2 Å². The van der Waals surface area contributed by atoms with Gasteiger partial charge in [0.25, 0.3) is 0 Å². The monoisotopic (exact) mass is 245 g/mol. The van der Waals surface area contributed by atoms with Gasteiger partial charge in [0.2, 0.25) is 0 Å². The van der Waals surface area contributed by atoms with Crippen molar-refractivity contribution in [2.45, 2.75) is 12.5 Å². The Labute approximate surface area is 99.4 Å². The van der Waals surface area contributed by atoms with Crippen molar-refractivity contribution in [3.63, 3.8) is 0 Å². The molecular formula is C12H17F2NO2. The van der Waals surface area contributed by atoms with E-state index in [-0.39, 0.29) is 6.42 Å². The minimum absolute atomic E-state index is 0.159. The van der Waals surface area contributed by atoms with Crippen LogP contribution in [0.1, 0.15) is 5.56 Å². The zero-order chi connectivity index (χ0) is 12.7. The molecule has 0 amide bonds. The summed E-state index contributed by atoms with van der Waals surface area (Å²) in [5, 5.41) is 12.6. The average molecular weight is 245 g/mol. The first-order valence-electron chi connectivity index (χ1n) is 5.45. The molecule has 0 aliphatic carbocycles. The van der Waals surface area contributed by atoms with E-state index in [4.69, 9.17) is 4.74 Å². The van der Waals surface area contributed by atoms with Gasteiger partial charge in [0, 0.05) is 32.7 Å². The number of hydrogen-bond acceptors (Lipinski definition) is 3. The molecule has 1 aromatic carbocycles. The molecule has 1 unspecified atom stereocenters. The van der Waals surface area contributed by atoms with Gasteiger partial charge in [-0.05, 0) is 11.6 Å². The first kappa shape index (κ1) is 14.0. The van der Waals surface area contributed by atoms with Crippen LogP contribution in [0.5, 0.6) is 0 Å². The second kappa shape index (κ2) is 7.32. The van der Waals surface area contributed by atoms with Crippen LogP contribution in [0.25, 0.3) is 0 Å². The maximum atomic E-state index is 13.3. The van der Waals surface area contributed by atoms with Crippen LogP contribution in [-0.4, -0.2) is 38.0 Å². The first-order valence-corrected chi connectivity index (χ1v) is 5.45. The summed E-state index contributed by atoms with van der Waals surface area (Å²) in [4.78, 5) is 0. The highest BCUT2D eigenvalue weighted by atomic mass is 19.1. The Kier molecular flexibility index (Phi) is 6.04. The van der Waals surface area contributed by atoms with Gasteiger partial charge in [0.1, 0.15) is 11.6 Å². The summed E-state index contributed by atoms with van der Waals surface area (Å²) >= 11 is 0. The van der Waals surface area contributed by atoms with Crippen LogP contribution < -0.4 is 5.32 Å². The summed E-state index contributed by atoms with van der Waals surface area (Å²) in [6, 6.07) is 3.35. The lowest BCUT2D eigenvalue weighted by Crippen LogP contribution is -2.30. The Balaban J connectivity index is 2.37. The predicted octanol–water partition coefficient (Wildman–Crippen LogP) is 1.10. The molecule has 5 heteroatoms. The molecule has 1 rings (SSSR count). The van der Waals surface area contributed by atoms with Gasteiger partial charge in [0.15, 0.2) is 0 Å². The van der Waals surface area contributed by atoms with Gasteiger partial charge in [-0.2, -0.15) is 0 Å². The average Bonchev–Trinajstić information content (AvgIpc) is 2.28. The van der Waals surface area contributed by atoms with E-state index < -0.39 is 17.7 Å². The second-order valence-electron chi connectivity index (χ2n) is 3.79. The summed E-state index contributed by atoms with van der Waals surface area (Å²) in [6.07, 6.45) is -0.543. The van der Waals surface area contributed by atoms with Crippen molar-refractivity contribution in [3.8, 4) is 0 Å². The van der Waals surface area contributed by atoms with E-state index >= 15 is 0 Å². The number of aliphatic hydroxyl groups excluding tert-OH is 1.